The third-order valence-electron chi connectivity index (χ3n) is 3.09. The van der Waals surface area contributed by atoms with Gasteiger partial charge < -0.3 is 10.2 Å². The summed E-state index contributed by atoms with van der Waals surface area (Å²) in [6.45, 7) is 6.91. The second kappa shape index (κ2) is 2.35. The normalized spacial score (nSPS) is 27.5. The van der Waals surface area contributed by atoms with Crippen LogP contribution < -0.4 is 0 Å². The summed E-state index contributed by atoms with van der Waals surface area (Å²) in [5, 5.41) is 19.2. The van der Waals surface area contributed by atoms with Crippen LogP contribution in [-0.4, -0.2) is 21.8 Å². The van der Waals surface area contributed by atoms with Gasteiger partial charge in [-0.15, -0.1) is 0 Å². The Kier molecular flexibility index (Phi) is 1.85. The molecule has 0 aliphatic heterocycles. The smallest absolute Gasteiger partial charge is 0.337 e. The van der Waals surface area contributed by atoms with Crippen molar-refractivity contribution in [3.63, 3.8) is 0 Å². The minimum absolute atomic E-state index is 0.720. The number of hydrogen-bond acceptors (Lipinski definition) is 2. The van der Waals surface area contributed by atoms with Gasteiger partial charge >= 0.3 is 5.97 Å². The van der Waals surface area contributed by atoms with Gasteiger partial charge in [-0.25, -0.2) is 4.79 Å². The lowest BCUT2D eigenvalue weighted by Crippen LogP contribution is -2.56. The number of carbonyl (C=O) groups is 1. The van der Waals surface area contributed by atoms with E-state index in [-0.39, 0.29) is 0 Å². The number of aliphatic hydroxyl groups is 1. The first-order chi connectivity index (χ1) is 5.65. The number of carboxylic acids is 1. The molecule has 0 heterocycles. The Morgan fingerprint density at radius 1 is 1.08 bits per heavy atom. The van der Waals surface area contributed by atoms with Gasteiger partial charge in [-0.1, -0.05) is 39.8 Å². The molecular weight excluding hydrogens is 168 g/mol. The average Bonchev–Trinajstić information content (AvgIpc) is 2.12. The Morgan fingerprint density at radius 2 is 1.38 bits per heavy atom. The van der Waals surface area contributed by atoms with Crippen LogP contribution in [0, 0.1) is 10.8 Å². The van der Waals surface area contributed by atoms with Gasteiger partial charge in [0.2, 0.25) is 0 Å². The molecule has 74 valence electrons. The Labute approximate surface area is 78.1 Å². The van der Waals surface area contributed by atoms with Crippen LogP contribution in [0.4, 0.5) is 0 Å². The summed E-state index contributed by atoms with van der Waals surface area (Å²) in [6, 6.07) is 0. The highest BCUT2D eigenvalue weighted by Gasteiger charge is 2.61. The van der Waals surface area contributed by atoms with Gasteiger partial charge in [0, 0.05) is 10.8 Å². The van der Waals surface area contributed by atoms with E-state index < -0.39 is 22.4 Å². The van der Waals surface area contributed by atoms with E-state index in [1.165, 1.54) is 0 Å². The minimum Gasteiger partial charge on any atom is -0.479 e. The van der Waals surface area contributed by atoms with Crippen molar-refractivity contribution < 1.29 is 15.0 Å². The number of carboxylic acid groups (broad SMARTS) is 1. The average molecular weight is 184 g/mol. The maximum absolute atomic E-state index is 11.1. The van der Waals surface area contributed by atoms with Crippen LogP contribution in [0.3, 0.4) is 0 Å². The second-order valence-corrected chi connectivity index (χ2v) is 4.79. The topological polar surface area (TPSA) is 57.5 Å². The van der Waals surface area contributed by atoms with Gasteiger partial charge in [-0.05, 0) is 0 Å². The Morgan fingerprint density at radius 3 is 1.54 bits per heavy atom. The van der Waals surface area contributed by atoms with E-state index >= 15 is 0 Å². The van der Waals surface area contributed by atoms with E-state index in [1.807, 2.05) is 0 Å². The fraction of sp³-hybridized carbons (Fsp3) is 0.700. The molecule has 1 aliphatic rings. The van der Waals surface area contributed by atoms with Crippen molar-refractivity contribution in [2.45, 2.75) is 33.3 Å². The second-order valence-electron chi connectivity index (χ2n) is 4.79. The molecule has 3 heteroatoms. The monoisotopic (exact) mass is 184 g/mol. The predicted molar refractivity (Wildman–Crippen MR) is 49.3 cm³/mol. The van der Waals surface area contributed by atoms with Crippen molar-refractivity contribution in [2.75, 3.05) is 0 Å². The SMILES string of the molecule is CC1(C)C=CC(C)(C)C1(O)C(=O)O. The first kappa shape index (κ1) is 10.3. The molecule has 0 fully saturated rings. The zero-order valence-electron chi connectivity index (χ0n) is 8.46. The van der Waals surface area contributed by atoms with Gasteiger partial charge in [-0.2, -0.15) is 0 Å². The van der Waals surface area contributed by atoms with Crippen molar-refractivity contribution >= 4 is 5.97 Å². The largest absolute Gasteiger partial charge is 0.479 e. The van der Waals surface area contributed by atoms with E-state index in [0.29, 0.717) is 0 Å². The fourth-order valence-electron chi connectivity index (χ4n) is 2.04. The van der Waals surface area contributed by atoms with Crippen molar-refractivity contribution in [1.29, 1.82) is 0 Å². The quantitative estimate of drug-likeness (QED) is 0.606. The summed E-state index contributed by atoms with van der Waals surface area (Å²) in [5.74, 6) is -1.16. The van der Waals surface area contributed by atoms with Crippen molar-refractivity contribution in [3.8, 4) is 0 Å². The van der Waals surface area contributed by atoms with Gasteiger partial charge in [0.25, 0.3) is 0 Å². The lowest BCUT2D eigenvalue weighted by atomic mass is 9.67. The molecule has 0 aromatic carbocycles. The highest BCUT2D eigenvalue weighted by Crippen LogP contribution is 2.51. The number of hydrogen-bond donors (Lipinski definition) is 2. The summed E-state index contributed by atoms with van der Waals surface area (Å²) in [6.07, 6.45) is 3.53. The fourth-order valence-corrected chi connectivity index (χ4v) is 2.04. The van der Waals surface area contributed by atoms with Gasteiger partial charge in [-0.3, -0.25) is 0 Å². The maximum Gasteiger partial charge on any atom is 0.337 e. The summed E-state index contributed by atoms with van der Waals surface area (Å²) in [7, 11) is 0. The van der Waals surface area contributed by atoms with Crippen LogP contribution in [0.2, 0.25) is 0 Å². The third-order valence-corrected chi connectivity index (χ3v) is 3.09. The summed E-state index contributed by atoms with van der Waals surface area (Å²) < 4.78 is 0. The molecule has 3 nitrogen and oxygen atoms in total. The first-order valence-electron chi connectivity index (χ1n) is 4.31. The Bertz CT molecular complexity index is 256. The van der Waals surface area contributed by atoms with E-state index in [2.05, 4.69) is 0 Å². The van der Waals surface area contributed by atoms with Crippen LogP contribution in [0.15, 0.2) is 12.2 Å². The molecule has 0 aromatic rings. The molecule has 0 unspecified atom stereocenters. The Balaban J connectivity index is 3.28. The van der Waals surface area contributed by atoms with E-state index in [9.17, 15) is 9.90 Å². The highest BCUT2D eigenvalue weighted by molar-refractivity contribution is 5.81. The van der Waals surface area contributed by atoms with E-state index in [4.69, 9.17) is 5.11 Å². The lowest BCUT2D eigenvalue weighted by Gasteiger charge is -2.41. The molecular formula is C10H16O3. The maximum atomic E-state index is 11.1. The Hall–Kier alpha value is -0.830. The zero-order valence-corrected chi connectivity index (χ0v) is 8.46. The van der Waals surface area contributed by atoms with Gasteiger partial charge in [0.15, 0.2) is 5.60 Å². The van der Waals surface area contributed by atoms with Crippen LogP contribution in [-0.2, 0) is 4.79 Å². The molecule has 0 amide bonds. The molecule has 0 saturated carbocycles. The molecule has 13 heavy (non-hydrogen) atoms. The molecule has 1 aliphatic carbocycles. The van der Waals surface area contributed by atoms with Crippen molar-refractivity contribution in [3.05, 3.63) is 12.2 Å². The summed E-state index contributed by atoms with van der Waals surface area (Å²) >= 11 is 0. The lowest BCUT2D eigenvalue weighted by molar-refractivity contribution is -0.180. The number of aliphatic carboxylic acids is 1. The first-order valence-corrected chi connectivity index (χ1v) is 4.31. The molecule has 0 aromatic heterocycles. The van der Waals surface area contributed by atoms with Gasteiger partial charge in [0.1, 0.15) is 0 Å². The van der Waals surface area contributed by atoms with Gasteiger partial charge in [0.05, 0.1) is 0 Å². The predicted octanol–water partition coefficient (Wildman–Crippen LogP) is 1.42. The van der Waals surface area contributed by atoms with E-state index in [1.54, 1.807) is 39.8 Å². The molecule has 1 rings (SSSR count). The molecule has 2 N–H and O–H groups in total. The standard InChI is InChI=1S/C10H16O3/c1-8(2)5-6-9(3,4)10(8,13)7(11)12/h5-6,13H,1-4H3,(H,11,12). The van der Waals surface area contributed by atoms with Crippen molar-refractivity contribution in [2.24, 2.45) is 10.8 Å². The summed E-state index contributed by atoms with van der Waals surface area (Å²) in [4.78, 5) is 11.1. The highest BCUT2D eigenvalue weighted by atomic mass is 16.4. The molecule has 0 saturated heterocycles. The van der Waals surface area contributed by atoms with Crippen LogP contribution >= 0.6 is 0 Å². The van der Waals surface area contributed by atoms with Crippen LogP contribution in [0.5, 0.6) is 0 Å². The summed E-state index contributed by atoms with van der Waals surface area (Å²) in [5.41, 5.74) is -3.15. The minimum atomic E-state index is -1.71. The molecule has 0 radical (unpaired) electrons. The van der Waals surface area contributed by atoms with Crippen LogP contribution in [0.25, 0.3) is 0 Å². The van der Waals surface area contributed by atoms with Crippen molar-refractivity contribution in [1.82, 2.24) is 0 Å². The number of rotatable bonds is 1. The molecule has 0 atom stereocenters. The molecule has 0 bridgehead atoms. The third kappa shape index (κ3) is 1.03. The molecule has 0 spiro atoms. The van der Waals surface area contributed by atoms with E-state index in [0.717, 1.165) is 0 Å². The van der Waals surface area contributed by atoms with Crippen LogP contribution in [0.1, 0.15) is 27.7 Å². The zero-order chi connectivity index (χ0) is 10.5.